The van der Waals surface area contributed by atoms with Crippen LogP contribution < -0.4 is 9.47 Å². The molecule has 176 valence electrons. The lowest BCUT2D eigenvalue weighted by molar-refractivity contribution is -0.136. The Labute approximate surface area is 206 Å². The molecule has 4 aromatic rings. The van der Waals surface area contributed by atoms with Gasteiger partial charge in [0.25, 0.3) is 10.0 Å². The molecule has 0 bridgehead atoms. The molecule has 1 N–H and O–H groups in total. The van der Waals surface area contributed by atoms with E-state index >= 15 is 0 Å². The van der Waals surface area contributed by atoms with Crippen LogP contribution in [0.5, 0.6) is 17.2 Å². The third-order valence-electron chi connectivity index (χ3n) is 5.12. The molecule has 34 heavy (non-hydrogen) atoms. The van der Waals surface area contributed by atoms with Crippen LogP contribution in [0, 0.1) is 0 Å². The van der Waals surface area contributed by atoms with Gasteiger partial charge in [0.2, 0.25) is 0 Å². The Morgan fingerprint density at radius 1 is 0.941 bits per heavy atom. The van der Waals surface area contributed by atoms with Crippen LogP contribution in [0.3, 0.4) is 0 Å². The molecule has 0 fully saturated rings. The minimum absolute atomic E-state index is 0.0430. The van der Waals surface area contributed by atoms with Crippen molar-refractivity contribution < 1.29 is 27.8 Å². The van der Waals surface area contributed by atoms with E-state index < -0.39 is 16.0 Å². The van der Waals surface area contributed by atoms with Gasteiger partial charge in [-0.25, -0.2) is 12.4 Å². The fraction of sp³-hybridized carbons (Fsp3) is 0.125. The van der Waals surface area contributed by atoms with Crippen LogP contribution in [0.25, 0.3) is 10.9 Å². The van der Waals surface area contributed by atoms with Crippen LogP contribution in [0.2, 0.25) is 10.0 Å². The van der Waals surface area contributed by atoms with Crippen molar-refractivity contribution in [2.24, 2.45) is 0 Å². The zero-order chi connectivity index (χ0) is 24.5. The average molecular weight is 520 g/mol. The molecular weight excluding hydrogens is 501 g/mol. The van der Waals surface area contributed by atoms with Gasteiger partial charge in [0, 0.05) is 28.0 Å². The number of aromatic nitrogens is 1. The summed E-state index contributed by atoms with van der Waals surface area (Å²) in [6.45, 7) is 0. The molecule has 0 saturated carbocycles. The van der Waals surface area contributed by atoms with E-state index in [1.807, 2.05) is 0 Å². The van der Waals surface area contributed by atoms with E-state index in [4.69, 9.17) is 37.8 Å². The van der Waals surface area contributed by atoms with Crippen LogP contribution in [0.1, 0.15) is 12.0 Å². The van der Waals surface area contributed by atoms with Crippen molar-refractivity contribution in [2.45, 2.75) is 17.7 Å². The SMILES string of the molecule is COc1ccc2c(c1)c(CCC(=O)O)cn2S(=O)(=O)c1ccc(Oc2cc(Cl)cc(Cl)c2)cc1. The highest BCUT2D eigenvalue weighted by Gasteiger charge is 2.22. The van der Waals surface area contributed by atoms with Gasteiger partial charge in [0.05, 0.1) is 17.5 Å². The van der Waals surface area contributed by atoms with Crippen LogP contribution in [0.4, 0.5) is 0 Å². The van der Waals surface area contributed by atoms with Gasteiger partial charge in [-0.15, -0.1) is 0 Å². The molecular formula is C24H19Cl2NO6S. The summed E-state index contributed by atoms with van der Waals surface area (Å²) in [5.41, 5.74) is 1.02. The highest BCUT2D eigenvalue weighted by atomic mass is 35.5. The second-order valence-electron chi connectivity index (χ2n) is 7.41. The first-order valence-corrected chi connectivity index (χ1v) is 12.3. The van der Waals surface area contributed by atoms with Gasteiger partial charge in [-0.1, -0.05) is 23.2 Å². The second-order valence-corrected chi connectivity index (χ2v) is 10.1. The largest absolute Gasteiger partial charge is 0.497 e. The van der Waals surface area contributed by atoms with Crippen molar-refractivity contribution in [1.82, 2.24) is 3.97 Å². The summed E-state index contributed by atoms with van der Waals surface area (Å²) in [4.78, 5) is 11.1. The molecule has 1 heterocycles. The first kappa shape index (κ1) is 23.9. The fourth-order valence-electron chi connectivity index (χ4n) is 3.53. The van der Waals surface area contributed by atoms with Crippen LogP contribution >= 0.6 is 23.2 Å². The van der Waals surface area contributed by atoms with E-state index in [0.29, 0.717) is 43.8 Å². The van der Waals surface area contributed by atoms with Crippen LogP contribution in [-0.2, 0) is 21.2 Å². The number of carboxylic acids is 1. The van der Waals surface area contributed by atoms with Crippen molar-refractivity contribution in [2.75, 3.05) is 7.11 Å². The topological polar surface area (TPSA) is 94.8 Å². The molecule has 0 radical (unpaired) electrons. The molecule has 1 aromatic heterocycles. The van der Waals surface area contributed by atoms with E-state index in [1.54, 1.807) is 36.4 Å². The molecule has 0 aliphatic rings. The Morgan fingerprint density at radius 2 is 1.59 bits per heavy atom. The standard InChI is InChI=1S/C24H19Cl2NO6S/c1-32-19-5-8-23-22(13-19)15(2-9-24(28)29)14-27(23)34(30,31)21-6-3-18(4-7-21)33-20-11-16(25)10-17(26)12-20/h3-8,10-14H,2,9H2,1H3,(H,28,29). The maximum atomic E-state index is 13.5. The van der Waals surface area contributed by atoms with Crippen molar-refractivity contribution >= 4 is 50.1 Å². The Bertz CT molecular complexity index is 1460. The lowest BCUT2D eigenvalue weighted by atomic mass is 10.1. The summed E-state index contributed by atoms with van der Waals surface area (Å²) < 4.78 is 39.0. The molecule has 0 aliphatic carbocycles. The number of halogens is 2. The number of methoxy groups -OCH3 is 1. The normalized spacial score (nSPS) is 11.5. The summed E-state index contributed by atoms with van der Waals surface area (Å²) in [5, 5.41) is 10.5. The van der Waals surface area contributed by atoms with Gasteiger partial charge in [-0.3, -0.25) is 4.79 Å². The third kappa shape index (κ3) is 4.99. The number of benzene rings is 3. The quantitative estimate of drug-likeness (QED) is 0.306. The average Bonchev–Trinajstić information content (AvgIpc) is 3.16. The highest BCUT2D eigenvalue weighted by Crippen LogP contribution is 2.32. The Morgan fingerprint density at radius 3 is 2.21 bits per heavy atom. The second kappa shape index (κ2) is 9.58. The number of ether oxygens (including phenoxy) is 2. The number of rotatable bonds is 8. The summed E-state index contributed by atoms with van der Waals surface area (Å²) >= 11 is 12.0. The van der Waals surface area contributed by atoms with E-state index in [2.05, 4.69) is 0 Å². The van der Waals surface area contributed by atoms with Crippen molar-refractivity contribution in [3.05, 3.63) is 82.5 Å². The first-order chi connectivity index (χ1) is 16.2. The Balaban J connectivity index is 1.69. The molecule has 4 rings (SSSR count). The molecule has 0 amide bonds. The number of aliphatic carboxylic acids is 1. The number of carboxylic acid groups (broad SMARTS) is 1. The summed E-state index contributed by atoms with van der Waals surface area (Å²) in [6.07, 6.45) is 1.51. The molecule has 0 spiro atoms. The van der Waals surface area contributed by atoms with E-state index in [0.717, 1.165) is 3.97 Å². The number of carbonyl (C=O) groups is 1. The van der Waals surface area contributed by atoms with E-state index in [-0.39, 0.29) is 17.7 Å². The maximum Gasteiger partial charge on any atom is 0.303 e. The molecule has 0 atom stereocenters. The smallest absolute Gasteiger partial charge is 0.303 e. The van der Waals surface area contributed by atoms with Gasteiger partial charge in [0.15, 0.2) is 0 Å². The number of aryl methyl sites for hydroxylation is 1. The monoisotopic (exact) mass is 519 g/mol. The van der Waals surface area contributed by atoms with Crippen molar-refractivity contribution in [1.29, 1.82) is 0 Å². The third-order valence-corrected chi connectivity index (χ3v) is 7.25. The molecule has 0 unspecified atom stereocenters. The highest BCUT2D eigenvalue weighted by molar-refractivity contribution is 7.90. The van der Waals surface area contributed by atoms with Crippen molar-refractivity contribution in [3.63, 3.8) is 0 Å². The van der Waals surface area contributed by atoms with E-state index in [1.165, 1.54) is 37.6 Å². The summed E-state index contributed by atoms with van der Waals surface area (Å²) in [7, 11) is -2.47. The number of nitrogens with zero attached hydrogens (tertiary/aromatic N) is 1. The summed E-state index contributed by atoms with van der Waals surface area (Å²) in [5.74, 6) is 0.396. The van der Waals surface area contributed by atoms with Gasteiger partial charge in [0.1, 0.15) is 17.2 Å². The zero-order valence-electron chi connectivity index (χ0n) is 17.9. The summed E-state index contributed by atoms with van der Waals surface area (Å²) in [6, 6.07) is 15.7. The predicted octanol–water partition coefficient (Wildman–Crippen LogP) is 6.00. The lowest BCUT2D eigenvalue weighted by Crippen LogP contribution is -2.11. The fourth-order valence-corrected chi connectivity index (χ4v) is 5.43. The maximum absolute atomic E-state index is 13.5. The predicted molar refractivity (Wildman–Crippen MR) is 130 cm³/mol. The first-order valence-electron chi connectivity index (χ1n) is 10.1. The van der Waals surface area contributed by atoms with Gasteiger partial charge >= 0.3 is 5.97 Å². The molecule has 0 saturated heterocycles. The van der Waals surface area contributed by atoms with Gasteiger partial charge in [-0.05, 0) is 72.6 Å². The van der Waals surface area contributed by atoms with Crippen LogP contribution in [-0.4, -0.2) is 30.6 Å². The number of hydrogen-bond acceptors (Lipinski definition) is 5. The van der Waals surface area contributed by atoms with Crippen molar-refractivity contribution in [3.8, 4) is 17.2 Å². The lowest BCUT2D eigenvalue weighted by Gasteiger charge is -2.10. The molecule has 10 heteroatoms. The van der Waals surface area contributed by atoms with Gasteiger partial charge < -0.3 is 14.6 Å². The minimum Gasteiger partial charge on any atom is -0.497 e. The zero-order valence-corrected chi connectivity index (χ0v) is 20.2. The minimum atomic E-state index is -3.98. The molecule has 0 aliphatic heterocycles. The number of fused-ring (bicyclic) bond motifs is 1. The Hall–Kier alpha value is -3.20. The van der Waals surface area contributed by atoms with E-state index in [9.17, 15) is 13.2 Å². The van der Waals surface area contributed by atoms with Gasteiger partial charge in [-0.2, -0.15) is 0 Å². The molecule has 3 aromatic carbocycles. The number of hydrogen-bond donors (Lipinski definition) is 1. The Kier molecular flexibility index (Phi) is 6.74. The van der Waals surface area contributed by atoms with Crippen LogP contribution in [0.15, 0.2) is 71.8 Å². The molecule has 7 nitrogen and oxygen atoms in total.